The van der Waals surface area contributed by atoms with E-state index in [0.29, 0.717) is 13.0 Å². The molecule has 0 bridgehead atoms. The van der Waals surface area contributed by atoms with E-state index in [1.54, 1.807) is 0 Å². The molecule has 0 aromatic heterocycles. The lowest BCUT2D eigenvalue weighted by molar-refractivity contribution is -0.138. The average molecular weight is 240 g/mol. The summed E-state index contributed by atoms with van der Waals surface area (Å²) in [5.74, 6) is -0.133. The normalized spacial score (nSPS) is 34.5. The fraction of sp³-hybridized carbons (Fsp3) is 0.833. The Morgan fingerprint density at radius 3 is 2.82 bits per heavy atom. The van der Waals surface area contributed by atoms with E-state index in [1.807, 2.05) is 13.8 Å². The van der Waals surface area contributed by atoms with E-state index in [9.17, 15) is 9.59 Å². The zero-order valence-corrected chi connectivity index (χ0v) is 10.4. The second-order valence-corrected chi connectivity index (χ2v) is 4.80. The van der Waals surface area contributed by atoms with Gasteiger partial charge in [-0.2, -0.15) is 0 Å². The van der Waals surface area contributed by atoms with E-state index in [1.165, 1.54) is 4.90 Å². The van der Waals surface area contributed by atoms with Crippen LogP contribution in [0.1, 0.15) is 33.1 Å². The van der Waals surface area contributed by atoms with Crippen LogP contribution < -0.4 is 5.32 Å². The third-order valence-corrected chi connectivity index (χ3v) is 3.48. The molecule has 0 saturated carbocycles. The second kappa shape index (κ2) is 5.14. The lowest BCUT2D eigenvalue weighted by Crippen LogP contribution is -2.47. The number of amides is 2. The lowest BCUT2D eigenvalue weighted by atomic mass is 10.0. The highest BCUT2D eigenvalue weighted by molar-refractivity contribution is 6.05. The number of carbonyl (C=O) groups is 2. The molecule has 2 saturated heterocycles. The molecular formula is C12H20N2O3. The molecule has 2 aliphatic heterocycles. The molecule has 0 aromatic carbocycles. The SMILES string of the molecule is CCN1C(=O)CC(NC2CCOC(C)C2)C1=O. The molecule has 17 heavy (non-hydrogen) atoms. The van der Waals surface area contributed by atoms with Gasteiger partial charge in [0.05, 0.1) is 18.6 Å². The number of likely N-dealkylation sites (N-methyl/N-ethyl adjacent to an activating group) is 1. The standard InChI is InChI=1S/C12H20N2O3/c1-3-14-11(15)7-10(12(14)16)13-9-4-5-17-8(2)6-9/h8-10,13H,3-7H2,1-2H3. The maximum Gasteiger partial charge on any atom is 0.246 e. The molecule has 0 spiro atoms. The van der Waals surface area contributed by atoms with Crippen molar-refractivity contribution in [2.24, 2.45) is 0 Å². The van der Waals surface area contributed by atoms with Gasteiger partial charge in [-0.05, 0) is 26.7 Å². The highest BCUT2D eigenvalue weighted by atomic mass is 16.5. The van der Waals surface area contributed by atoms with E-state index in [2.05, 4.69) is 5.32 Å². The molecule has 2 heterocycles. The third kappa shape index (κ3) is 2.66. The summed E-state index contributed by atoms with van der Waals surface area (Å²) in [5, 5.41) is 3.30. The van der Waals surface area contributed by atoms with Gasteiger partial charge >= 0.3 is 0 Å². The molecule has 2 aliphatic rings. The van der Waals surface area contributed by atoms with E-state index in [0.717, 1.165) is 19.4 Å². The largest absolute Gasteiger partial charge is 0.378 e. The first kappa shape index (κ1) is 12.5. The Labute approximate surface area is 101 Å². The third-order valence-electron chi connectivity index (χ3n) is 3.48. The van der Waals surface area contributed by atoms with Gasteiger partial charge in [0, 0.05) is 19.2 Å². The summed E-state index contributed by atoms with van der Waals surface area (Å²) in [6.45, 7) is 5.06. The van der Waals surface area contributed by atoms with Gasteiger partial charge < -0.3 is 10.1 Å². The zero-order chi connectivity index (χ0) is 12.4. The fourth-order valence-corrected chi connectivity index (χ4v) is 2.58. The number of likely N-dealkylation sites (tertiary alicyclic amines) is 1. The molecule has 2 rings (SSSR count). The number of nitrogens with zero attached hydrogens (tertiary/aromatic N) is 1. The summed E-state index contributed by atoms with van der Waals surface area (Å²) in [4.78, 5) is 24.8. The highest BCUT2D eigenvalue weighted by Crippen LogP contribution is 2.18. The molecule has 0 radical (unpaired) electrons. The first-order valence-electron chi connectivity index (χ1n) is 6.33. The summed E-state index contributed by atoms with van der Waals surface area (Å²) in [6.07, 6.45) is 2.35. The summed E-state index contributed by atoms with van der Waals surface area (Å²) in [5.41, 5.74) is 0. The first-order chi connectivity index (χ1) is 8.11. The van der Waals surface area contributed by atoms with Crippen molar-refractivity contribution in [2.75, 3.05) is 13.2 Å². The first-order valence-corrected chi connectivity index (χ1v) is 6.33. The molecule has 5 nitrogen and oxygen atoms in total. The van der Waals surface area contributed by atoms with E-state index < -0.39 is 0 Å². The Balaban J connectivity index is 1.91. The molecule has 2 fully saturated rings. The zero-order valence-electron chi connectivity index (χ0n) is 10.4. The molecule has 96 valence electrons. The number of imide groups is 1. The quantitative estimate of drug-likeness (QED) is 0.720. The molecule has 0 aliphatic carbocycles. The summed E-state index contributed by atoms with van der Waals surface area (Å²) >= 11 is 0. The molecule has 0 aromatic rings. The number of rotatable bonds is 3. The maximum atomic E-state index is 11.9. The minimum absolute atomic E-state index is 0.0601. The summed E-state index contributed by atoms with van der Waals surface area (Å²) in [6, 6.07) is -0.0324. The van der Waals surface area contributed by atoms with Crippen LogP contribution in [-0.2, 0) is 14.3 Å². The second-order valence-electron chi connectivity index (χ2n) is 4.80. The topological polar surface area (TPSA) is 58.6 Å². The van der Waals surface area contributed by atoms with Crippen molar-refractivity contribution in [2.45, 2.75) is 51.3 Å². The van der Waals surface area contributed by atoms with Gasteiger partial charge in [0.1, 0.15) is 0 Å². The van der Waals surface area contributed by atoms with Gasteiger partial charge in [0.2, 0.25) is 11.8 Å². The smallest absolute Gasteiger partial charge is 0.246 e. The van der Waals surface area contributed by atoms with Crippen LogP contribution in [0.3, 0.4) is 0 Å². The minimum Gasteiger partial charge on any atom is -0.378 e. The van der Waals surface area contributed by atoms with Crippen molar-refractivity contribution in [1.29, 1.82) is 0 Å². The molecular weight excluding hydrogens is 220 g/mol. The van der Waals surface area contributed by atoms with Crippen LogP contribution in [0.15, 0.2) is 0 Å². The Morgan fingerprint density at radius 1 is 1.47 bits per heavy atom. The summed E-state index contributed by atoms with van der Waals surface area (Å²) in [7, 11) is 0. The predicted molar refractivity (Wildman–Crippen MR) is 62.4 cm³/mol. The number of nitrogens with one attached hydrogen (secondary N) is 1. The van der Waals surface area contributed by atoms with Crippen LogP contribution in [0, 0.1) is 0 Å². The van der Waals surface area contributed by atoms with Crippen molar-refractivity contribution >= 4 is 11.8 Å². The van der Waals surface area contributed by atoms with Crippen LogP contribution in [0.2, 0.25) is 0 Å². The van der Waals surface area contributed by atoms with Crippen LogP contribution in [0.5, 0.6) is 0 Å². The van der Waals surface area contributed by atoms with Crippen LogP contribution in [0.25, 0.3) is 0 Å². The lowest BCUT2D eigenvalue weighted by Gasteiger charge is -2.29. The van der Waals surface area contributed by atoms with Crippen molar-refractivity contribution < 1.29 is 14.3 Å². The van der Waals surface area contributed by atoms with Crippen molar-refractivity contribution in [3.8, 4) is 0 Å². The number of hydrogen-bond donors (Lipinski definition) is 1. The van der Waals surface area contributed by atoms with Gasteiger partial charge in [-0.3, -0.25) is 14.5 Å². The highest BCUT2D eigenvalue weighted by Gasteiger charge is 2.38. The molecule has 2 amide bonds. The van der Waals surface area contributed by atoms with E-state index in [-0.39, 0.29) is 30.0 Å². The van der Waals surface area contributed by atoms with Gasteiger partial charge in [-0.1, -0.05) is 0 Å². The maximum absolute atomic E-state index is 11.9. The van der Waals surface area contributed by atoms with Gasteiger partial charge in [-0.25, -0.2) is 0 Å². The van der Waals surface area contributed by atoms with Crippen LogP contribution in [-0.4, -0.2) is 48.1 Å². The predicted octanol–water partition coefficient (Wildman–Crippen LogP) is 0.291. The van der Waals surface area contributed by atoms with Crippen molar-refractivity contribution in [1.82, 2.24) is 10.2 Å². The van der Waals surface area contributed by atoms with Crippen LogP contribution >= 0.6 is 0 Å². The Bertz CT molecular complexity index is 319. The minimum atomic E-state index is -0.322. The van der Waals surface area contributed by atoms with Gasteiger partial charge in [0.25, 0.3) is 0 Å². The summed E-state index contributed by atoms with van der Waals surface area (Å²) < 4.78 is 5.46. The Kier molecular flexibility index (Phi) is 3.79. The number of hydrogen-bond acceptors (Lipinski definition) is 4. The molecule has 3 unspecified atom stereocenters. The van der Waals surface area contributed by atoms with Crippen LogP contribution in [0.4, 0.5) is 0 Å². The average Bonchev–Trinajstić information content (AvgIpc) is 2.54. The number of carbonyl (C=O) groups excluding carboxylic acids is 2. The van der Waals surface area contributed by atoms with E-state index in [4.69, 9.17) is 4.74 Å². The molecule has 1 N–H and O–H groups in total. The monoisotopic (exact) mass is 240 g/mol. The molecule has 5 heteroatoms. The Morgan fingerprint density at radius 2 is 2.24 bits per heavy atom. The van der Waals surface area contributed by atoms with Crippen molar-refractivity contribution in [3.05, 3.63) is 0 Å². The van der Waals surface area contributed by atoms with Gasteiger partial charge in [0.15, 0.2) is 0 Å². The Hall–Kier alpha value is -0.940. The molecule has 3 atom stereocenters. The van der Waals surface area contributed by atoms with E-state index >= 15 is 0 Å². The fourth-order valence-electron chi connectivity index (χ4n) is 2.58. The van der Waals surface area contributed by atoms with Gasteiger partial charge in [-0.15, -0.1) is 0 Å². The number of ether oxygens (including phenoxy) is 1. The van der Waals surface area contributed by atoms with Crippen molar-refractivity contribution in [3.63, 3.8) is 0 Å².